The Balaban J connectivity index is 1.58. The number of aryl methyl sites for hydroxylation is 1. The molecule has 0 aliphatic heterocycles. The molecule has 3 N–H and O–H groups in total. The lowest BCUT2D eigenvalue weighted by Crippen LogP contribution is -2.56. The Kier molecular flexibility index (Phi) is 7.42. The van der Waals surface area contributed by atoms with Gasteiger partial charge in [0.25, 0.3) is 11.8 Å². The van der Waals surface area contributed by atoms with E-state index in [2.05, 4.69) is 10.3 Å². The van der Waals surface area contributed by atoms with E-state index in [1.54, 1.807) is 25.3 Å². The smallest absolute Gasteiger partial charge is 0.454 e. The third-order valence-electron chi connectivity index (χ3n) is 7.09. The molecule has 0 saturated carbocycles. The maximum Gasteiger partial charge on any atom is 0.459 e. The number of alkyl halides is 7. The average molecular weight is 624 g/mol. The number of halogens is 8. The summed E-state index contributed by atoms with van der Waals surface area (Å²) in [6.45, 7) is -0.721. The van der Waals surface area contributed by atoms with Crippen molar-refractivity contribution in [3.63, 3.8) is 0 Å². The van der Waals surface area contributed by atoms with E-state index in [1.165, 1.54) is 48.8 Å². The SMILES string of the molecule is CNC(=O)c1c(-c2ccc(F)c(C)c2)oc2c1cc(-c1cccc(C(=O)NCC(F)(F)C(F)(F)C(F)(F)F)c1)c1[nH]ccc12. The highest BCUT2D eigenvalue weighted by Gasteiger charge is 2.72. The van der Waals surface area contributed by atoms with Crippen LogP contribution >= 0.6 is 0 Å². The molecular formula is C30H21F8N3O3. The molecule has 44 heavy (non-hydrogen) atoms. The van der Waals surface area contributed by atoms with Gasteiger partial charge in [-0.15, -0.1) is 0 Å². The van der Waals surface area contributed by atoms with Crippen LogP contribution < -0.4 is 10.6 Å². The van der Waals surface area contributed by atoms with E-state index in [9.17, 15) is 44.7 Å². The molecular weight excluding hydrogens is 602 g/mol. The topological polar surface area (TPSA) is 87.1 Å². The minimum atomic E-state index is -6.53. The van der Waals surface area contributed by atoms with Crippen molar-refractivity contribution in [2.24, 2.45) is 0 Å². The Bertz CT molecular complexity index is 1920. The van der Waals surface area contributed by atoms with Gasteiger partial charge >= 0.3 is 18.0 Å². The van der Waals surface area contributed by atoms with Crippen LogP contribution in [0.3, 0.4) is 0 Å². The van der Waals surface area contributed by atoms with Crippen molar-refractivity contribution in [2.75, 3.05) is 13.6 Å². The summed E-state index contributed by atoms with van der Waals surface area (Å²) in [5.41, 5.74) is 2.06. The summed E-state index contributed by atoms with van der Waals surface area (Å²) in [5.74, 6) is -14.1. The maximum absolute atomic E-state index is 14.0. The molecule has 2 heterocycles. The molecule has 6 nitrogen and oxygen atoms in total. The van der Waals surface area contributed by atoms with Gasteiger partial charge in [0.05, 0.1) is 17.6 Å². The number of fused-ring (bicyclic) bond motifs is 3. The number of hydrogen-bond acceptors (Lipinski definition) is 3. The number of hydrogen-bond donors (Lipinski definition) is 3. The highest BCUT2D eigenvalue weighted by molar-refractivity contribution is 6.19. The van der Waals surface area contributed by atoms with Crippen molar-refractivity contribution in [1.29, 1.82) is 0 Å². The van der Waals surface area contributed by atoms with Crippen LogP contribution in [0.5, 0.6) is 0 Å². The van der Waals surface area contributed by atoms with Crippen LogP contribution in [0.2, 0.25) is 0 Å². The first-order valence-corrected chi connectivity index (χ1v) is 12.8. The summed E-state index contributed by atoms with van der Waals surface area (Å²) >= 11 is 0. The second-order valence-corrected chi connectivity index (χ2v) is 9.96. The lowest BCUT2D eigenvalue weighted by atomic mass is 9.96. The van der Waals surface area contributed by atoms with Crippen molar-refractivity contribution < 1.29 is 49.1 Å². The first kappa shape index (κ1) is 30.6. The molecule has 3 aromatic carbocycles. The summed E-state index contributed by atoms with van der Waals surface area (Å²) in [4.78, 5) is 28.7. The van der Waals surface area contributed by atoms with Gasteiger partial charge in [-0.25, -0.2) is 4.39 Å². The third-order valence-corrected chi connectivity index (χ3v) is 7.09. The molecule has 2 amide bonds. The number of aromatic amines is 1. The molecule has 14 heteroatoms. The minimum Gasteiger partial charge on any atom is -0.454 e. The second-order valence-electron chi connectivity index (χ2n) is 9.96. The number of aromatic nitrogens is 1. The molecule has 0 aliphatic carbocycles. The first-order chi connectivity index (χ1) is 20.6. The van der Waals surface area contributed by atoms with Gasteiger partial charge in [-0.1, -0.05) is 12.1 Å². The maximum atomic E-state index is 14.0. The number of carbonyl (C=O) groups is 2. The Morgan fingerprint density at radius 3 is 2.27 bits per heavy atom. The number of furan rings is 1. The molecule has 0 fully saturated rings. The zero-order valence-corrected chi connectivity index (χ0v) is 22.7. The van der Waals surface area contributed by atoms with Crippen LogP contribution in [0.25, 0.3) is 44.3 Å². The number of H-pyrrole nitrogens is 1. The number of nitrogens with one attached hydrogen (secondary N) is 3. The molecule has 5 rings (SSSR count). The summed E-state index contributed by atoms with van der Waals surface area (Å²) in [6.07, 6.45) is -4.95. The van der Waals surface area contributed by atoms with E-state index in [1.807, 2.05) is 0 Å². The largest absolute Gasteiger partial charge is 0.459 e. The van der Waals surface area contributed by atoms with Gasteiger partial charge in [0, 0.05) is 40.7 Å². The van der Waals surface area contributed by atoms with Gasteiger partial charge in [0.2, 0.25) is 0 Å². The fourth-order valence-corrected chi connectivity index (χ4v) is 4.79. The Morgan fingerprint density at radius 2 is 1.61 bits per heavy atom. The van der Waals surface area contributed by atoms with Crippen LogP contribution in [0, 0.1) is 12.7 Å². The summed E-state index contributed by atoms with van der Waals surface area (Å²) in [5, 5.41) is 4.85. The van der Waals surface area contributed by atoms with Crippen molar-refractivity contribution in [1.82, 2.24) is 15.6 Å². The van der Waals surface area contributed by atoms with E-state index in [0.717, 1.165) is 6.07 Å². The zero-order chi connectivity index (χ0) is 32.2. The van der Waals surface area contributed by atoms with E-state index >= 15 is 0 Å². The molecule has 0 saturated heterocycles. The number of amides is 2. The highest BCUT2D eigenvalue weighted by Crippen LogP contribution is 2.46. The predicted octanol–water partition coefficient (Wildman–Crippen LogP) is 7.62. The minimum absolute atomic E-state index is 0.125. The normalized spacial score (nSPS) is 12.6. The quantitative estimate of drug-likeness (QED) is 0.163. The van der Waals surface area contributed by atoms with Gasteiger partial charge in [-0.3, -0.25) is 9.59 Å². The highest BCUT2D eigenvalue weighted by atomic mass is 19.4. The van der Waals surface area contributed by atoms with E-state index in [-0.39, 0.29) is 16.9 Å². The summed E-state index contributed by atoms with van der Waals surface area (Å²) in [7, 11) is 1.41. The Labute approximate surface area is 243 Å². The average Bonchev–Trinajstić information content (AvgIpc) is 3.61. The predicted molar refractivity (Wildman–Crippen MR) is 145 cm³/mol. The van der Waals surface area contributed by atoms with Crippen LogP contribution in [0.1, 0.15) is 26.3 Å². The fourth-order valence-electron chi connectivity index (χ4n) is 4.79. The number of benzene rings is 3. The Morgan fingerprint density at radius 1 is 0.886 bits per heavy atom. The fraction of sp³-hybridized carbons (Fsp3) is 0.200. The van der Waals surface area contributed by atoms with Crippen LogP contribution in [-0.2, 0) is 0 Å². The van der Waals surface area contributed by atoms with E-state index < -0.39 is 42.2 Å². The lowest BCUT2D eigenvalue weighted by Gasteiger charge is -2.28. The zero-order valence-electron chi connectivity index (χ0n) is 22.7. The molecule has 5 aromatic rings. The Hall–Kier alpha value is -4.88. The monoisotopic (exact) mass is 623 g/mol. The van der Waals surface area contributed by atoms with Crippen LogP contribution in [0.15, 0.2) is 65.2 Å². The van der Waals surface area contributed by atoms with Crippen LogP contribution in [-0.4, -0.2) is 48.4 Å². The summed E-state index contributed by atoms with van der Waals surface area (Å²) < 4.78 is 112. The standard InChI is InChI=1S/C30H21F8N3O3/c1-14-10-16(6-7-21(14)31)24-22(27(43)39-2)20-12-19(23-18(8-9-40-23)25(20)44-24)15-4-3-5-17(11-15)26(42)41-13-28(32,33)29(34,35)30(36,37)38/h3-12,40H,13H2,1-2H3,(H,39,43)(H,41,42). The first-order valence-electron chi connectivity index (χ1n) is 12.8. The molecule has 0 bridgehead atoms. The van der Waals surface area contributed by atoms with E-state index in [4.69, 9.17) is 4.42 Å². The van der Waals surface area contributed by atoms with Gasteiger partial charge in [0.15, 0.2) is 0 Å². The molecule has 0 atom stereocenters. The summed E-state index contributed by atoms with van der Waals surface area (Å²) in [6, 6.07) is 12.7. The second kappa shape index (κ2) is 10.7. The number of rotatable bonds is 7. The van der Waals surface area contributed by atoms with Gasteiger partial charge < -0.3 is 20.0 Å². The van der Waals surface area contributed by atoms with Crippen LogP contribution in [0.4, 0.5) is 35.1 Å². The van der Waals surface area contributed by atoms with E-state index in [0.29, 0.717) is 44.1 Å². The molecule has 0 aliphatic rings. The number of carbonyl (C=O) groups excluding carboxylic acids is 2. The molecule has 230 valence electrons. The molecule has 0 spiro atoms. The van der Waals surface area contributed by atoms with Crippen molar-refractivity contribution >= 4 is 33.7 Å². The molecule has 0 unspecified atom stereocenters. The van der Waals surface area contributed by atoms with Crippen molar-refractivity contribution in [3.05, 3.63) is 83.3 Å². The van der Waals surface area contributed by atoms with Crippen molar-refractivity contribution in [2.45, 2.75) is 24.9 Å². The third kappa shape index (κ3) is 5.03. The van der Waals surface area contributed by atoms with Crippen molar-refractivity contribution in [3.8, 4) is 22.5 Å². The molecule has 2 aromatic heterocycles. The molecule has 0 radical (unpaired) electrons. The van der Waals surface area contributed by atoms with Gasteiger partial charge in [-0.2, -0.15) is 30.7 Å². The van der Waals surface area contributed by atoms with Gasteiger partial charge in [-0.05, 0) is 60.5 Å². The lowest BCUT2D eigenvalue weighted by molar-refractivity contribution is -0.352. The van der Waals surface area contributed by atoms with Gasteiger partial charge in [0.1, 0.15) is 17.2 Å².